The smallest absolute Gasteiger partial charge is 0.408 e. The maximum atomic E-state index is 11.6. The number of hydrogen-bond donors (Lipinski definition) is 1. The Labute approximate surface area is 130 Å². The van der Waals surface area contributed by atoms with E-state index in [4.69, 9.17) is 10.00 Å². The van der Waals surface area contributed by atoms with Crippen LogP contribution in [0.1, 0.15) is 43.1 Å². The summed E-state index contributed by atoms with van der Waals surface area (Å²) >= 11 is 0. The molecule has 0 spiro atoms. The Balaban J connectivity index is 2.59. The van der Waals surface area contributed by atoms with E-state index in [-0.39, 0.29) is 18.7 Å². The van der Waals surface area contributed by atoms with Crippen LogP contribution in [0.15, 0.2) is 24.3 Å². The number of hydrogen-bond acceptors (Lipinski definition) is 4. The van der Waals surface area contributed by atoms with Crippen LogP contribution in [0.5, 0.6) is 0 Å². The fraction of sp³-hybridized carbons (Fsp3) is 0.353. The van der Waals surface area contributed by atoms with Crippen molar-refractivity contribution >= 4 is 11.9 Å². The van der Waals surface area contributed by atoms with Crippen LogP contribution in [0.25, 0.3) is 0 Å². The molecule has 0 radical (unpaired) electrons. The van der Waals surface area contributed by atoms with E-state index in [9.17, 15) is 9.59 Å². The predicted octanol–water partition coefficient (Wildman–Crippen LogP) is 2.66. The van der Waals surface area contributed by atoms with Gasteiger partial charge in [-0.3, -0.25) is 4.79 Å². The number of nitriles is 1. The van der Waals surface area contributed by atoms with Gasteiger partial charge >= 0.3 is 6.09 Å². The molecule has 0 heterocycles. The van der Waals surface area contributed by atoms with Gasteiger partial charge in [0.25, 0.3) is 0 Å². The number of carbonyl (C=O) groups is 2. The third-order valence-corrected chi connectivity index (χ3v) is 2.38. The van der Waals surface area contributed by atoms with Gasteiger partial charge in [-0.2, -0.15) is 5.26 Å². The van der Waals surface area contributed by atoms with Crippen molar-refractivity contribution < 1.29 is 14.3 Å². The average molecular weight is 298 g/mol. The highest BCUT2D eigenvalue weighted by Crippen LogP contribution is 2.07. The van der Waals surface area contributed by atoms with Crippen molar-refractivity contribution in [3.63, 3.8) is 0 Å². The minimum atomic E-state index is -0.549. The number of ketones is 1. The largest absolute Gasteiger partial charge is 0.444 e. The highest BCUT2D eigenvalue weighted by molar-refractivity contribution is 5.97. The molecular weight excluding hydrogens is 280 g/mol. The fourth-order valence-corrected chi connectivity index (χ4v) is 1.52. The minimum Gasteiger partial charge on any atom is -0.444 e. The van der Waals surface area contributed by atoms with Gasteiger partial charge in [-0.05, 0) is 32.9 Å². The van der Waals surface area contributed by atoms with Gasteiger partial charge in [-0.25, -0.2) is 4.79 Å². The molecule has 1 N–H and O–H groups in total. The van der Waals surface area contributed by atoms with Gasteiger partial charge < -0.3 is 10.1 Å². The summed E-state index contributed by atoms with van der Waals surface area (Å²) in [6, 6.07) is 8.55. The van der Waals surface area contributed by atoms with Crippen LogP contribution in [0.3, 0.4) is 0 Å². The SMILES string of the molecule is CC(C)(C)OC(=O)NCC#Cc1cccc(C(=O)CC#N)c1. The molecule has 0 aliphatic heterocycles. The molecule has 0 unspecified atom stereocenters. The summed E-state index contributed by atoms with van der Waals surface area (Å²) in [5.74, 6) is 5.39. The lowest BCUT2D eigenvalue weighted by Gasteiger charge is -2.18. The number of nitrogens with zero attached hydrogens (tertiary/aromatic N) is 1. The van der Waals surface area contributed by atoms with E-state index in [1.807, 2.05) is 6.07 Å². The molecule has 0 aromatic heterocycles. The van der Waals surface area contributed by atoms with Gasteiger partial charge in [-0.15, -0.1) is 0 Å². The molecule has 22 heavy (non-hydrogen) atoms. The number of alkyl carbamates (subject to hydrolysis) is 1. The summed E-state index contributed by atoms with van der Waals surface area (Å²) in [6.45, 7) is 5.48. The summed E-state index contributed by atoms with van der Waals surface area (Å²) in [5.41, 5.74) is 0.552. The molecule has 1 aromatic carbocycles. The van der Waals surface area contributed by atoms with E-state index in [1.165, 1.54) is 0 Å². The quantitative estimate of drug-likeness (QED) is 0.687. The lowest BCUT2D eigenvalue weighted by atomic mass is 10.1. The molecule has 5 nitrogen and oxygen atoms in total. The molecule has 1 rings (SSSR count). The summed E-state index contributed by atoms with van der Waals surface area (Å²) in [6.07, 6.45) is -0.684. The van der Waals surface area contributed by atoms with Crippen molar-refractivity contribution in [2.45, 2.75) is 32.8 Å². The van der Waals surface area contributed by atoms with Crippen LogP contribution < -0.4 is 5.32 Å². The second-order valence-corrected chi connectivity index (χ2v) is 5.50. The number of ether oxygens (including phenoxy) is 1. The van der Waals surface area contributed by atoms with E-state index in [2.05, 4.69) is 17.2 Å². The third-order valence-electron chi connectivity index (χ3n) is 2.38. The Bertz CT molecular complexity index is 655. The number of rotatable bonds is 3. The first-order valence-corrected chi connectivity index (χ1v) is 6.78. The molecule has 0 saturated heterocycles. The summed E-state index contributed by atoms with van der Waals surface area (Å²) < 4.78 is 5.07. The van der Waals surface area contributed by atoms with Gasteiger partial charge in [0.15, 0.2) is 5.78 Å². The van der Waals surface area contributed by atoms with Gasteiger partial charge in [0.2, 0.25) is 0 Å². The maximum Gasteiger partial charge on any atom is 0.408 e. The highest BCUT2D eigenvalue weighted by Gasteiger charge is 2.15. The zero-order valence-electron chi connectivity index (χ0n) is 12.9. The van der Waals surface area contributed by atoms with Gasteiger partial charge in [0.1, 0.15) is 5.60 Å². The lowest BCUT2D eigenvalue weighted by Crippen LogP contribution is -2.32. The zero-order chi connectivity index (χ0) is 16.6. The Morgan fingerprint density at radius 2 is 2.05 bits per heavy atom. The van der Waals surface area contributed by atoms with Crippen molar-refractivity contribution in [3.8, 4) is 17.9 Å². The topological polar surface area (TPSA) is 79.2 Å². The third kappa shape index (κ3) is 6.58. The van der Waals surface area contributed by atoms with E-state index < -0.39 is 11.7 Å². The standard InChI is InChI=1S/C17H18N2O3/c1-17(2,3)22-16(21)19-11-5-7-13-6-4-8-14(12-13)15(20)9-10-18/h4,6,8,12H,9,11H2,1-3H3,(H,19,21). The maximum absolute atomic E-state index is 11.6. The predicted molar refractivity (Wildman–Crippen MR) is 82.1 cm³/mol. The Morgan fingerprint density at radius 1 is 1.32 bits per heavy atom. The monoisotopic (exact) mass is 298 g/mol. The molecule has 5 heteroatoms. The van der Waals surface area contributed by atoms with E-state index >= 15 is 0 Å². The first kappa shape index (κ1) is 17.3. The number of carbonyl (C=O) groups excluding carboxylic acids is 2. The van der Waals surface area contributed by atoms with E-state index in [0.717, 1.165) is 0 Å². The second-order valence-electron chi connectivity index (χ2n) is 5.50. The normalized spacial score (nSPS) is 9.91. The van der Waals surface area contributed by atoms with Crippen LogP contribution in [-0.2, 0) is 4.74 Å². The van der Waals surface area contributed by atoms with Crippen LogP contribution in [0.2, 0.25) is 0 Å². The zero-order valence-corrected chi connectivity index (χ0v) is 12.9. The summed E-state index contributed by atoms with van der Waals surface area (Å²) in [4.78, 5) is 23.0. The molecule has 0 fully saturated rings. The minimum absolute atomic E-state index is 0.144. The van der Waals surface area contributed by atoms with Crippen LogP contribution in [-0.4, -0.2) is 24.0 Å². The van der Waals surface area contributed by atoms with E-state index in [1.54, 1.807) is 45.0 Å². The number of benzene rings is 1. The first-order chi connectivity index (χ1) is 10.3. The number of Topliss-reactive ketones (excluding diaryl/α,β-unsaturated/α-hetero) is 1. The lowest BCUT2D eigenvalue weighted by molar-refractivity contribution is 0.0535. The number of nitrogens with one attached hydrogen (secondary N) is 1. The Hall–Kier alpha value is -2.79. The molecule has 1 aromatic rings. The number of amides is 1. The second kappa shape index (κ2) is 7.85. The molecule has 114 valence electrons. The van der Waals surface area contributed by atoms with E-state index in [0.29, 0.717) is 11.1 Å². The Kier molecular flexibility index (Phi) is 6.16. The van der Waals surface area contributed by atoms with Gasteiger partial charge in [0, 0.05) is 11.1 Å². The van der Waals surface area contributed by atoms with Crippen LogP contribution >= 0.6 is 0 Å². The molecule has 0 aliphatic rings. The van der Waals surface area contributed by atoms with Crippen molar-refractivity contribution in [1.82, 2.24) is 5.32 Å². The van der Waals surface area contributed by atoms with Gasteiger partial charge in [-0.1, -0.05) is 24.0 Å². The van der Waals surface area contributed by atoms with Crippen LogP contribution in [0.4, 0.5) is 4.79 Å². The molecule has 0 bridgehead atoms. The molecule has 0 aliphatic carbocycles. The van der Waals surface area contributed by atoms with Crippen molar-refractivity contribution in [2.24, 2.45) is 0 Å². The highest BCUT2D eigenvalue weighted by atomic mass is 16.6. The molecule has 0 saturated carbocycles. The van der Waals surface area contributed by atoms with Crippen molar-refractivity contribution in [2.75, 3.05) is 6.54 Å². The summed E-state index contributed by atoms with van der Waals surface area (Å²) in [7, 11) is 0. The van der Waals surface area contributed by atoms with Crippen molar-refractivity contribution in [1.29, 1.82) is 5.26 Å². The average Bonchev–Trinajstić information content (AvgIpc) is 2.42. The van der Waals surface area contributed by atoms with Crippen molar-refractivity contribution in [3.05, 3.63) is 35.4 Å². The van der Waals surface area contributed by atoms with Crippen LogP contribution in [0, 0.1) is 23.2 Å². The van der Waals surface area contributed by atoms with Gasteiger partial charge in [0.05, 0.1) is 19.0 Å². The Morgan fingerprint density at radius 3 is 2.68 bits per heavy atom. The molecule has 1 amide bonds. The first-order valence-electron chi connectivity index (χ1n) is 6.78. The fourth-order valence-electron chi connectivity index (χ4n) is 1.52. The molecule has 0 atom stereocenters. The summed E-state index contributed by atoms with van der Waals surface area (Å²) in [5, 5.41) is 11.0. The molecular formula is C17H18N2O3.